The van der Waals surface area contributed by atoms with Crippen LogP contribution in [0, 0.1) is 17.8 Å². The zero-order chi connectivity index (χ0) is 14.5. The molecule has 2 aliphatic rings. The molecule has 0 nitrogen and oxygen atoms in total. The Morgan fingerprint density at radius 1 is 1.00 bits per heavy atom. The van der Waals surface area contributed by atoms with Crippen LogP contribution in [0.5, 0.6) is 0 Å². The minimum absolute atomic E-state index is 0.810. The van der Waals surface area contributed by atoms with Gasteiger partial charge in [-0.15, -0.1) is 0 Å². The second-order valence-corrected chi connectivity index (χ2v) is 5.80. The number of hydrogen-bond acceptors (Lipinski definition) is 0. The number of hydrogen-bond donors (Lipinski definition) is 0. The quantitative estimate of drug-likeness (QED) is 0.638. The summed E-state index contributed by atoms with van der Waals surface area (Å²) in [6.07, 6.45) is 11.0. The molecule has 0 amide bonds. The maximum atomic E-state index is 2.47. The van der Waals surface area contributed by atoms with Crippen LogP contribution >= 0.6 is 0 Å². The summed E-state index contributed by atoms with van der Waals surface area (Å²) in [6.45, 7) is 8.60. The first kappa shape index (κ1) is 15.1. The largest absolute Gasteiger partial charge is 0.0799 e. The summed E-state index contributed by atoms with van der Waals surface area (Å²) in [4.78, 5) is 0. The van der Waals surface area contributed by atoms with E-state index >= 15 is 0 Å². The van der Waals surface area contributed by atoms with Crippen LogP contribution in [0.4, 0.5) is 0 Å². The normalized spacial score (nSPS) is 26.2. The average molecular weight is 268 g/mol. The fraction of sp³-hybridized carbons (Fsp3) is 0.500. The van der Waals surface area contributed by atoms with E-state index in [1.54, 1.807) is 0 Å². The Bertz CT molecular complexity index is 475. The van der Waals surface area contributed by atoms with E-state index in [1.165, 1.54) is 36.0 Å². The maximum absolute atomic E-state index is 2.47. The van der Waals surface area contributed by atoms with Crippen LogP contribution in [0.1, 0.15) is 51.7 Å². The van der Waals surface area contributed by atoms with Crippen LogP contribution in [0.2, 0.25) is 0 Å². The first-order valence-corrected chi connectivity index (χ1v) is 8.29. The number of rotatable bonds is 4. The van der Waals surface area contributed by atoms with Gasteiger partial charge in [0, 0.05) is 0 Å². The molecule has 1 saturated carbocycles. The molecule has 3 atom stereocenters. The molecule has 0 spiro atoms. The summed E-state index contributed by atoms with van der Waals surface area (Å²) >= 11 is 0. The third-order valence-corrected chi connectivity index (χ3v) is 4.49. The summed E-state index contributed by atoms with van der Waals surface area (Å²) in [7, 11) is 0. The van der Waals surface area contributed by atoms with E-state index in [-0.39, 0.29) is 0 Å². The molecule has 20 heavy (non-hydrogen) atoms. The maximum Gasteiger partial charge on any atom is -0.0127 e. The first-order chi connectivity index (χ1) is 9.79. The van der Waals surface area contributed by atoms with Crippen molar-refractivity contribution in [3.8, 4) is 0 Å². The molecule has 1 aromatic carbocycles. The summed E-state index contributed by atoms with van der Waals surface area (Å²) in [6, 6.07) is 9.16. The summed E-state index contributed by atoms with van der Waals surface area (Å²) in [5.41, 5.74) is 4.27. The third-order valence-electron chi connectivity index (χ3n) is 4.49. The molecule has 0 heterocycles. The predicted molar refractivity (Wildman–Crippen MR) is 89.7 cm³/mol. The van der Waals surface area contributed by atoms with Gasteiger partial charge in [0.05, 0.1) is 0 Å². The van der Waals surface area contributed by atoms with Gasteiger partial charge in [0.15, 0.2) is 0 Å². The van der Waals surface area contributed by atoms with Crippen molar-refractivity contribution in [3.63, 3.8) is 0 Å². The van der Waals surface area contributed by atoms with Gasteiger partial charge in [0.1, 0.15) is 0 Å². The smallest absolute Gasteiger partial charge is 0.0127 e. The second kappa shape index (κ2) is 6.92. The molecule has 3 unspecified atom stereocenters. The van der Waals surface area contributed by atoms with E-state index in [0.29, 0.717) is 0 Å². The lowest BCUT2D eigenvalue weighted by Crippen LogP contribution is -1.90. The number of fused-ring (bicyclic) bond motifs is 1. The highest BCUT2D eigenvalue weighted by molar-refractivity contribution is 5.76. The van der Waals surface area contributed by atoms with Crippen LogP contribution in [0.15, 0.2) is 42.5 Å². The Labute approximate surface area is 124 Å². The standard InChI is InChI=1S/C18H22.C2H6/c1-3-4-5-14-6-8-15(9-7-14)16-10-11-17-13(2)18(17)12-16;1-2/h6-13,17-18H,3-5H2,1-2H3;1-2H3. The Hall–Kier alpha value is -1.30. The molecule has 108 valence electrons. The molecule has 1 fully saturated rings. The van der Waals surface area contributed by atoms with Crippen LogP contribution in [-0.4, -0.2) is 0 Å². The highest BCUT2D eigenvalue weighted by atomic mass is 14.5. The molecule has 3 rings (SSSR count). The van der Waals surface area contributed by atoms with Gasteiger partial charge in [0.2, 0.25) is 0 Å². The SMILES string of the molecule is CC.CCCCc1ccc(C2=CC3C(C)C3C=C2)cc1. The molecule has 0 aliphatic heterocycles. The van der Waals surface area contributed by atoms with Gasteiger partial charge in [-0.3, -0.25) is 0 Å². The summed E-state index contributed by atoms with van der Waals surface area (Å²) in [5, 5.41) is 0. The minimum atomic E-state index is 0.810. The second-order valence-electron chi connectivity index (χ2n) is 5.80. The number of allylic oxidation sites excluding steroid dienone is 4. The average Bonchev–Trinajstić information content (AvgIpc) is 3.17. The fourth-order valence-electron chi connectivity index (χ4n) is 3.01. The zero-order valence-corrected chi connectivity index (χ0v) is 13.4. The topological polar surface area (TPSA) is 0 Å². The molecular formula is C20H28. The lowest BCUT2D eigenvalue weighted by molar-refractivity contribution is 0.795. The van der Waals surface area contributed by atoms with E-state index in [0.717, 1.165) is 17.8 Å². The van der Waals surface area contributed by atoms with Crippen molar-refractivity contribution < 1.29 is 0 Å². The molecule has 0 radical (unpaired) electrons. The van der Waals surface area contributed by atoms with Gasteiger partial charge >= 0.3 is 0 Å². The van der Waals surface area contributed by atoms with E-state index in [9.17, 15) is 0 Å². The van der Waals surface area contributed by atoms with Crippen molar-refractivity contribution in [2.75, 3.05) is 0 Å². The van der Waals surface area contributed by atoms with Crippen molar-refractivity contribution in [2.24, 2.45) is 17.8 Å². The van der Waals surface area contributed by atoms with Crippen molar-refractivity contribution >= 4 is 5.57 Å². The van der Waals surface area contributed by atoms with E-state index in [2.05, 4.69) is 56.3 Å². The van der Waals surface area contributed by atoms with Gasteiger partial charge in [-0.2, -0.15) is 0 Å². The van der Waals surface area contributed by atoms with Crippen molar-refractivity contribution in [1.29, 1.82) is 0 Å². The number of benzene rings is 1. The van der Waals surface area contributed by atoms with E-state index < -0.39 is 0 Å². The minimum Gasteiger partial charge on any atom is -0.0799 e. The molecule has 0 aromatic heterocycles. The Morgan fingerprint density at radius 3 is 2.30 bits per heavy atom. The lowest BCUT2D eigenvalue weighted by Gasteiger charge is -2.08. The molecule has 0 bridgehead atoms. The van der Waals surface area contributed by atoms with Crippen molar-refractivity contribution in [3.05, 3.63) is 53.6 Å². The third kappa shape index (κ3) is 3.23. The van der Waals surface area contributed by atoms with Crippen LogP contribution < -0.4 is 0 Å². The first-order valence-electron chi connectivity index (χ1n) is 8.29. The predicted octanol–water partition coefficient (Wildman–Crippen LogP) is 5.89. The molecule has 2 aliphatic carbocycles. The highest BCUT2D eigenvalue weighted by Crippen LogP contribution is 2.51. The molecule has 1 aromatic rings. The molecule has 0 saturated heterocycles. The monoisotopic (exact) mass is 268 g/mol. The number of aryl methyl sites for hydroxylation is 1. The van der Waals surface area contributed by atoms with Crippen LogP contribution in [0.3, 0.4) is 0 Å². The van der Waals surface area contributed by atoms with Crippen LogP contribution in [0.25, 0.3) is 5.57 Å². The van der Waals surface area contributed by atoms with Gasteiger partial charge < -0.3 is 0 Å². The molecular weight excluding hydrogens is 240 g/mol. The Morgan fingerprint density at radius 2 is 1.70 bits per heavy atom. The Balaban J connectivity index is 0.000000704. The van der Waals surface area contributed by atoms with Gasteiger partial charge in [-0.05, 0) is 47.3 Å². The Kier molecular flexibility index (Phi) is 5.23. The van der Waals surface area contributed by atoms with Crippen molar-refractivity contribution in [2.45, 2.75) is 47.0 Å². The van der Waals surface area contributed by atoms with E-state index in [1.807, 2.05) is 13.8 Å². The van der Waals surface area contributed by atoms with Crippen molar-refractivity contribution in [1.82, 2.24) is 0 Å². The van der Waals surface area contributed by atoms with Gasteiger partial charge in [-0.25, -0.2) is 0 Å². The summed E-state index contributed by atoms with van der Waals surface area (Å²) < 4.78 is 0. The fourth-order valence-corrected chi connectivity index (χ4v) is 3.01. The van der Waals surface area contributed by atoms with Gasteiger partial charge in [-0.1, -0.05) is 76.6 Å². The highest BCUT2D eigenvalue weighted by Gasteiger charge is 2.44. The zero-order valence-electron chi connectivity index (χ0n) is 13.4. The molecule has 0 N–H and O–H groups in total. The number of unbranched alkanes of at least 4 members (excludes halogenated alkanes) is 1. The van der Waals surface area contributed by atoms with Crippen LogP contribution in [-0.2, 0) is 6.42 Å². The van der Waals surface area contributed by atoms with E-state index in [4.69, 9.17) is 0 Å². The summed E-state index contributed by atoms with van der Waals surface area (Å²) in [5.74, 6) is 2.50. The van der Waals surface area contributed by atoms with Gasteiger partial charge in [0.25, 0.3) is 0 Å². The molecule has 0 heteroatoms. The lowest BCUT2D eigenvalue weighted by atomic mass is 9.98.